The molecule has 2 rings (SSSR count). The van der Waals surface area contributed by atoms with E-state index < -0.39 is 0 Å². The van der Waals surface area contributed by atoms with Crippen molar-refractivity contribution in [2.24, 2.45) is 0 Å². The molecule has 0 spiro atoms. The summed E-state index contributed by atoms with van der Waals surface area (Å²) in [6, 6.07) is 9.48. The van der Waals surface area contributed by atoms with Crippen molar-refractivity contribution in [2.45, 2.75) is 52.7 Å². The van der Waals surface area contributed by atoms with Gasteiger partial charge in [-0.1, -0.05) is 18.2 Å². The van der Waals surface area contributed by atoms with Gasteiger partial charge in [-0.25, -0.2) is 0 Å². The number of anilines is 1. The highest BCUT2D eigenvalue weighted by Gasteiger charge is 2.20. The van der Waals surface area contributed by atoms with Gasteiger partial charge in [0, 0.05) is 50.0 Å². The molecule has 1 saturated heterocycles. The summed E-state index contributed by atoms with van der Waals surface area (Å²) in [6.07, 6.45) is 0. The average molecular weight is 289 g/mol. The Hall–Kier alpha value is -1.06. The SMILES string of the molecule is CC(C)N1CCN(c2ccccc2CNC(C)(C)C)CC1. The lowest BCUT2D eigenvalue weighted by Gasteiger charge is -2.39. The average Bonchev–Trinajstić information content (AvgIpc) is 2.45. The second-order valence-corrected chi connectivity index (χ2v) is 7.35. The van der Waals surface area contributed by atoms with Gasteiger partial charge < -0.3 is 10.2 Å². The molecule has 1 aliphatic rings. The van der Waals surface area contributed by atoms with Crippen LogP contribution in [0.5, 0.6) is 0 Å². The number of nitrogens with one attached hydrogen (secondary N) is 1. The molecule has 3 nitrogen and oxygen atoms in total. The van der Waals surface area contributed by atoms with Gasteiger partial charge in [-0.2, -0.15) is 0 Å². The van der Waals surface area contributed by atoms with Crippen LogP contribution < -0.4 is 10.2 Å². The normalized spacial score (nSPS) is 17.5. The van der Waals surface area contributed by atoms with Crippen molar-refractivity contribution in [1.29, 1.82) is 0 Å². The maximum atomic E-state index is 3.61. The molecule has 1 N–H and O–H groups in total. The van der Waals surface area contributed by atoms with E-state index in [4.69, 9.17) is 0 Å². The van der Waals surface area contributed by atoms with Gasteiger partial charge in [0.2, 0.25) is 0 Å². The first-order chi connectivity index (χ1) is 9.87. The van der Waals surface area contributed by atoms with E-state index in [0.29, 0.717) is 6.04 Å². The first-order valence-electron chi connectivity index (χ1n) is 8.19. The molecule has 0 bridgehead atoms. The van der Waals surface area contributed by atoms with Crippen LogP contribution in [0, 0.1) is 0 Å². The lowest BCUT2D eigenvalue weighted by Crippen LogP contribution is -2.49. The Kier molecular flexibility index (Phi) is 5.28. The molecule has 1 aliphatic heterocycles. The van der Waals surface area contributed by atoms with Crippen molar-refractivity contribution in [3.05, 3.63) is 29.8 Å². The summed E-state index contributed by atoms with van der Waals surface area (Å²) >= 11 is 0. The Labute approximate surface area is 130 Å². The van der Waals surface area contributed by atoms with Crippen LogP contribution in [0.3, 0.4) is 0 Å². The molecule has 118 valence electrons. The molecular formula is C18H31N3. The van der Waals surface area contributed by atoms with E-state index in [9.17, 15) is 0 Å². The molecule has 21 heavy (non-hydrogen) atoms. The molecule has 0 saturated carbocycles. The standard InChI is InChI=1S/C18H31N3/c1-15(2)20-10-12-21(13-11-20)17-9-7-6-8-16(17)14-19-18(3,4)5/h6-9,15,19H,10-14H2,1-5H3. The van der Waals surface area contributed by atoms with Gasteiger partial charge in [0.05, 0.1) is 0 Å². The summed E-state index contributed by atoms with van der Waals surface area (Å²) in [5.41, 5.74) is 2.96. The molecule has 0 aliphatic carbocycles. The number of benzene rings is 1. The largest absolute Gasteiger partial charge is 0.369 e. The van der Waals surface area contributed by atoms with E-state index >= 15 is 0 Å². The smallest absolute Gasteiger partial charge is 0.0412 e. The van der Waals surface area contributed by atoms with Crippen molar-refractivity contribution in [1.82, 2.24) is 10.2 Å². The second kappa shape index (κ2) is 6.80. The summed E-state index contributed by atoms with van der Waals surface area (Å²) in [7, 11) is 0. The molecule has 0 aromatic heterocycles. The zero-order chi connectivity index (χ0) is 15.5. The highest BCUT2D eigenvalue weighted by Crippen LogP contribution is 2.23. The molecule has 1 aromatic carbocycles. The minimum absolute atomic E-state index is 0.156. The summed E-state index contributed by atoms with van der Waals surface area (Å²) in [6.45, 7) is 16.8. The van der Waals surface area contributed by atoms with Gasteiger partial charge in [0.1, 0.15) is 0 Å². The number of para-hydroxylation sites is 1. The Morgan fingerprint density at radius 1 is 1.05 bits per heavy atom. The molecule has 3 heteroatoms. The second-order valence-electron chi connectivity index (χ2n) is 7.35. The van der Waals surface area contributed by atoms with Crippen LogP contribution in [0.1, 0.15) is 40.2 Å². The summed E-state index contributed by atoms with van der Waals surface area (Å²) in [5.74, 6) is 0. The molecule has 1 heterocycles. The predicted octanol–water partition coefficient (Wildman–Crippen LogP) is 3.11. The van der Waals surface area contributed by atoms with E-state index in [1.165, 1.54) is 24.3 Å². The van der Waals surface area contributed by atoms with E-state index in [1.807, 2.05) is 0 Å². The molecule has 0 atom stereocenters. The molecular weight excluding hydrogens is 258 g/mol. The summed E-state index contributed by atoms with van der Waals surface area (Å²) in [5, 5.41) is 3.61. The highest BCUT2D eigenvalue weighted by atomic mass is 15.3. The molecule has 0 radical (unpaired) electrons. The third-order valence-electron chi connectivity index (χ3n) is 4.19. The lowest BCUT2D eigenvalue weighted by atomic mass is 10.1. The van der Waals surface area contributed by atoms with Crippen LogP contribution in [0.4, 0.5) is 5.69 Å². The van der Waals surface area contributed by atoms with Gasteiger partial charge in [-0.3, -0.25) is 4.90 Å². The highest BCUT2D eigenvalue weighted by molar-refractivity contribution is 5.54. The van der Waals surface area contributed by atoms with Crippen LogP contribution in [0.15, 0.2) is 24.3 Å². The fourth-order valence-electron chi connectivity index (χ4n) is 2.81. The van der Waals surface area contributed by atoms with E-state index in [1.54, 1.807) is 0 Å². The van der Waals surface area contributed by atoms with Crippen molar-refractivity contribution < 1.29 is 0 Å². The minimum Gasteiger partial charge on any atom is -0.369 e. The fourth-order valence-corrected chi connectivity index (χ4v) is 2.81. The molecule has 1 fully saturated rings. The fraction of sp³-hybridized carbons (Fsp3) is 0.667. The Morgan fingerprint density at radius 3 is 2.24 bits per heavy atom. The first kappa shape index (κ1) is 16.3. The van der Waals surface area contributed by atoms with Crippen LogP contribution in [-0.2, 0) is 6.54 Å². The van der Waals surface area contributed by atoms with E-state index in [2.05, 4.69) is 74.0 Å². The number of hydrogen-bond acceptors (Lipinski definition) is 3. The van der Waals surface area contributed by atoms with E-state index in [-0.39, 0.29) is 5.54 Å². The zero-order valence-electron chi connectivity index (χ0n) is 14.3. The monoisotopic (exact) mass is 289 g/mol. The van der Waals surface area contributed by atoms with Crippen LogP contribution in [-0.4, -0.2) is 42.7 Å². The van der Waals surface area contributed by atoms with Crippen LogP contribution >= 0.6 is 0 Å². The maximum Gasteiger partial charge on any atom is 0.0412 e. The minimum atomic E-state index is 0.156. The Bertz CT molecular complexity index is 440. The molecule has 0 amide bonds. The van der Waals surface area contributed by atoms with Gasteiger partial charge in [0.15, 0.2) is 0 Å². The van der Waals surface area contributed by atoms with Gasteiger partial charge in [0.25, 0.3) is 0 Å². The van der Waals surface area contributed by atoms with Gasteiger partial charge in [-0.15, -0.1) is 0 Å². The quantitative estimate of drug-likeness (QED) is 0.919. The van der Waals surface area contributed by atoms with Crippen molar-refractivity contribution in [2.75, 3.05) is 31.1 Å². The number of hydrogen-bond donors (Lipinski definition) is 1. The van der Waals surface area contributed by atoms with Crippen molar-refractivity contribution >= 4 is 5.69 Å². The third-order valence-corrected chi connectivity index (χ3v) is 4.19. The van der Waals surface area contributed by atoms with Gasteiger partial charge >= 0.3 is 0 Å². The zero-order valence-corrected chi connectivity index (χ0v) is 14.3. The number of piperazine rings is 1. The van der Waals surface area contributed by atoms with Crippen molar-refractivity contribution in [3.63, 3.8) is 0 Å². The van der Waals surface area contributed by atoms with Crippen LogP contribution in [0.2, 0.25) is 0 Å². The molecule has 0 unspecified atom stereocenters. The number of nitrogens with zero attached hydrogens (tertiary/aromatic N) is 2. The van der Waals surface area contributed by atoms with Crippen molar-refractivity contribution in [3.8, 4) is 0 Å². The van der Waals surface area contributed by atoms with Crippen LogP contribution in [0.25, 0.3) is 0 Å². The first-order valence-corrected chi connectivity index (χ1v) is 8.19. The lowest BCUT2D eigenvalue weighted by molar-refractivity contribution is 0.209. The maximum absolute atomic E-state index is 3.61. The topological polar surface area (TPSA) is 18.5 Å². The predicted molar refractivity (Wildman–Crippen MR) is 92.0 cm³/mol. The summed E-state index contributed by atoms with van der Waals surface area (Å²) in [4.78, 5) is 5.10. The van der Waals surface area contributed by atoms with Gasteiger partial charge in [-0.05, 0) is 46.2 Å². The summed E-state index contributed by atoms with van der Waals surface area (Å²) < 4.78 is 0. The van der Waals surface area contributed by atoms with E-state index in [0.717, 1.165) is 19.6 Å². The molecule has 1 aromatic rings. The Balaban J connectivity index is 2.03. The Morgan fingerprint density at radius 2 is 1.67 bits per heavy atom. The number of rotatable bonds is 4. The third kappa shape index (κ3) is 4.72.